The lowest BCUT2D eigenvalue weighted by Crippen LogP contribution is -2.32. The van der Waals surface area contributed by atoms with Crippen LogP contribution < -0.4 is 14.6 Å². The molecule has 1 aromatic heterocycles. The molecule has 0 unspecified atom stereocenters. The van der Waals surface area contributed by atoms with Crippen molar-refractivity contribution in [3.8, 4) is 5.75 Å². The minimum Gasteiger partial charge on any atom is -0.497 e. The van der Waals surface area contributed by atoms with Crippen LogP contribution in [0.2, 0.25) is 0 Å². The van der Waals surface area contributed by atoms with Gasteiger partial charge in [-0.25, -0.2) is 5.01 Å². The number of nitro benzene ring substituents is 2. The van der Waals surface area contributed by atoms with Crippen molar-refractivity contribution in [2.75, 3.05) is 24.1 Å². The fraction of sp³-hybridized carbons (Fsp3) is 0.167. The fourth-order valence-corrected chi connectivity index (χ4v) is 6.48. The summed E-state index contributed by atoms with van der Waals surface area (Å²) >= 11 is 1.47. The molecule has 0 bridgehead atoms. The predicted octanol–water partition coefficient (Wildman–Crippen LogP) is 6.46. The molecule has 0 spiro atoms. The number of fused-ring (bicyclic) bond motifs is 1. The molecule has 0 amide bonds. The summed E-state index contributed by atoms with van der Waals surface area (Å²) < 4.78 is 11.0. The summed E-state index contributed by atoms with van der Waals surface area (Å²) in [6, 6.07) is 20.1. The molecule has 3 heterocycles. The zero-order valence-electron chi connectivity index (χ0n) is 23.7. The number of methoxy groups -OCH3 is 1. The molecule has 0 radical (unpaired) electrons. The zero-order chi connectivity index (χ0) is 31.0. The van der Waals surface area contributed by atoms with Crippen LogP contribution in [0.3, 0.4) is 0 Å². The van der Waals surface area contributed by atoms with Crippen LogP contribution >= 0.6 is 11.8 Å². The van der Waals surface area contributed by atoms with Crippen LogP contribution in [0.5, 0.6) is 5.75 Å². The third-order valence-corrected chi connectivity index (χ3v) is 8.54. The number of ether oxygens (including phenoxy) is 1. The van der Waals surface area contributed by atoms with Crippen LogP contribution in [-0.4, -0.2) is 45.4 Å². The van der Waals surface area contributed by atoms with Crippen molar-refractivity contribution in [3.05, 3.63) is 116 Å². The van der Waals surface area contributed by atoms with Gasteiger partial charge in [-0.3, -0.25) is 30.1 Å². The second kappa shape index (κ2) is 11.6. The summed E-state index contributed by atoms with van der Waals surface area (Å²) in [5.41, 5.74) is 2.34. The minimum absolute atomic E-state index is 0.133. The van der Waals surface area contributed by atoms with Gasteiger partial charge in [0.15, 0.2) is 16.8 Å². The number of nitro groups is 2. The number of hydrogen-bond donors (Lipinski definition) is 0. The molecule has 0 saturated carbocycles. The first-order valence-electron chi connectivity index (χ1n) is 13.4. The predicted molar refractivity (Wildman–Crippen MR) is 169 cm³/mol. The Kier molecular flexibility index (Phi) is 7.57. The van der Waals surface area contributed by atoms with E-state index in [0.29, 0.717) is 28.1 Å². The highest BCUT2D eigenvalue weighted by molar-refractivity contribution is 8.16. The van der Waals surface area contributed by atoms with Gasteiger partial charge in [-0.15, -0.1) is 0 Å². The molecule has 4 aromatic rings. The molecule has 0 N–H and O–H groups in total. The number of anilines is 2. The van der Waals surface area contributed by atoms with Crippen LogP contribution in [0.4, 0.5) is 22.7 Å². The number of aryl methyl sites for hydroxylation is 1. The van der Waals surface area contributed by atoms with Crippen molar-refractivity contribution in [3.63, 3.8) is 0 Å². The molecular weight excluding hydrogens is 586 g/mol. The summed E-state index contributed by atoms with van der Waals surface area (Å²) in [7, 11) is 3.29. The Balaban J connectivity index is 1.47. The summed E-state index contributed by atoms with van der Waals surface area (Å²) in [5.74, 6) is 1.79. The lowest BCUT2D eigenvalue weighted by atomic mass is 10.0. The molecule has 13 nitrogen and oxygen atoms in total. The first kappa shape index (κ1) is 28.6. The van der Waals surface area contributed by atoms with Crippen molar-refractivity contribution in [1.82, 2.24) is 5.16 Å². The lowest BCUT2D eigenvalue weighted by molar-refractivity contribution is -0.393. The van der Waals surface area contributed by atoms with Crippen molar-refractivity contribution in [1.29, 1.82) is 0 Å². The van der Waals surface area contributed by atoms with Gasteiger partial charge in [-0.05, 0) is 42.3 Å². The van der Waals surface area contributed by atoms with E-state index >= 15 is 0 Å². The molecule has 1 fully saturated rings. The Bertz CT molecular complexity index is 1840. The average Bonchev–Trinajstić information content (AvgIpc) is 3.70. The van der Waals surface area contributed by atoms with Gasteiger partial charge in [0.25, 0.3) is 5.69 Å². The third-order valence-electron chi connectivity index (χ3n) is 7.24. The number of aliphatic imine (C=N–C) groups is 1. The second-order valence-corrected chi connectivity index (χ2v) is 10.9. The van der Waals surface area contributed by atoms with E-state index in [1.807, 2.05) is 78.6 Å². The van der Waals surface area contributed by atoms with Gasteiger partial charge in [0, 0.05) is 13.1 Å². The quantitative estimate of drug-likeness (QED) is 0.160. The maximum absolute atomic E-state index is 12.1. The first-order valence-corrected chi connectivity index (χ1v) is 14.3. The Hall–Kier alpha value is -5.50. The first-order chi connectivity index (χ1) is 21.3. The van der Waals surface area contributed by atoms with Crippen LogP contribution in [-0.2, 0) is 0 Å². The molecular formula is C30H25N7O6S. The van der Waals surface area contributed by atoms with E-state index < -0.39 is 21.6 Å². The fourth-order valence-electron chi connectivity index (χ4n) is 5.20. The van der Waals surface area contributed by atoms with E-state index in [2.05, 4.69) is 10.1 Å². The largest absolute Gasteiger partial charge is 0.497 e. The number of aromatic nitrogens is 1. The van der Waals surface area contributed by atoms with Crippen LogP contribution in [0.15, 0.2) is 87.4 Å². The molecule has 44 heavy (non-hydrogen) atoms. The highest BCUT2D eigenvalue weighted by atomic mass is 32.2. The SMILES string of the molecule is CN=C1S[C@H]2C(=NN(c3ccc([N+](=O)[O-])cc3[N+](=O)[O-])[C@@H]2c2ccccc2)N1c1c(C)noc1/C=C/c1ccc(OC)cc1. The Labute approximate surface area is 255 Å². The van der Waals surface area contributed by atoms with E-state index in [-0.39, 0.29) is 16.6 Å². The van der Waals surface area contributed by atoms with E-state index in [0.717, 1.165) is 22.9 Å². The average molecular weight is 612 g/mol. The second-order valence-electron chi connectivity index (χ2n) is 9.81. The normalized spacial score (nSPS) is 18.6. The third kappa shape index (κ3) is 5.04. The summed E-state index contributed by atoms with van der Waals surface area (Å²) in [4.78, 5) is 28.7. The highest BCUT2D eigenvalue weighted by Gasteiger charge is 2.51. The molecule has 0 aliphatic carbocycles. The van der Waals surface area contributed by atoms with E-state index in [4.69, 9.17) is 14.4 Å². The molecule has 6 rings (SSSR count). The number of hydrogen-bond acceptors (Lipinski definition) is 11. The van der Waals surface area contributed by atoms with E-state index in [1.54, 1.807) is 19.2 Å². The van der Waals surface area contributed by atoms with E-state index in [1.165, 1.54) is 23.9 Å². The van der Waals surface area contributed by atoms with Gasteiger partial charge < -0.3 is 9.26 Å². The molecule has 222 valence electrons. The number of hydrazone groups is 1. The van der Waals surface area contributed by atoms with Crippen LogP contribution in [0.1, 0.15) is 28.6 Å². The van der Waals surface area contributed by atoms with Gasteiger partial charge in [0.05, 0.1) is 34.3 Å². The monoisotopic (exact) mass is 611 g/mol. The maximum atomic E-state index is 12.1. The van der Waals surface area contributed by atoms with Gasteiger partial charge in [0.1, 0.15) is 22.8 Å². The number of amidine groups is 2. The molecule has 3 aromatic carbocycles. The van der Waals surface area contributed by atoms with Crippen LogP contribution in [0.25, 0.3) is 12.2 Å². The van der Waals surface area contributed by atoms with Crippen LogP contribution in [0, 0.1) is 27.2 Å². The number of nitrogens with zero attached hydrogens (tertiary/aromatic N) is 7. The number of benzene rings is 3. The summed E-state index contributed by atoms with van der Waals surface area (Å²) in [5, 5.41) is 34.6. The van der Waals surface area contributed by atoms with Gasteiger partial charge in [-0.2, -0.15) is 5.10 Å². The number of thioether (sulfide) groups is 1. The molecule has 2 atom stereocenters. The van der Waals surface area contributed by atoms with Crippen molar-refractivity contribution in [2.45, 2.75) is 18.2 Å². The lowest BCUT2D eigenvalue weighted by Gasteiger charge is -2.26. The standard InChI is InChI=1S/C30H25N7O6S/c1-18-26(25(43-33-18)16-11-19-9-13-22(42-3)14-10-19)34-29-28(44-30(34)31-2)27(20-7-5-4-6-8-20)35(32-29)23-15-12-21(36(38)39)17-24(23)37(40)41/h4-17,27-28H,1-3H3/b16-11+,31-30?/t27-,28-/m1/s1. The number of rotatable bonds is 8. The van der Waals surface area contributed by atoms with Gasteiger partial charge in [-0.1, -0.05) is 65.5 Å². The Morgan fingerprint density at radius 3 is 2.43 bits per heavy atom. The maximum Gasteiger partial charge on any atom is 0.301 e. The summed E-state index contributed by atoms with van der Waals surface area (Å²) in [6.45, 7) is 1.82. The topological polar surface area (TPSA) is 153 Å². The molecule has 2 aliphatic rings. The Morgan fingerprint density at radius 2 is 1.77 bits per heavy atom. The van der Waals surface area contributed by atoms with Crippen molar-refractivity contribution < 1.29 is 19.1 Å². The zero-order valence-corrected chi connectivity index (χ0v) is 24.5. The number of non-ortho nitro benzene ring substituents is 1. The van der Waals surface area contributed by atoms with Crippen molar-refractivity contribution >= 4 is 57.7 Å². The molecule has 2 aliphatic heterocycles. The molecule has 1 saturated heterocycles. The van der Waals surface area contributed by atoms with E-state index in [9.17, 15) is 20.2 Å². The minimum atomic E-state index is -0.659. The molecule has 14 heteroatoms. The van der Waals surface area contributed by atoms with Crippen molar-refractivity contribution in [2.24, 2.45) is 10.1 Å². The summed E-state index contributed by atoms with van der Waals surface area (Å²) in [6.07, 6.45) is 3.70. The Morgan fingerprint density at radius 1 is 1.02 bits per heavy atom. The smallest absolute Gasteiger partial charge is 0.301 e. The van der Waals surface area contributed by atoms with Gasteiger partial charge >= 0.3 is 5.69 Å². The highest BCUT2D eigenvalue weighted by Crippen LogP contribution is 2.50. The van der Waals surface area contributed by atoms with Gasteiger partial charge in [0.2, 0.25) is 0 Å².